The van der Waals surface area contributed by atoms with Gasteiger partial charge in [-0.3, -0.25) is 38.9 Å². The number of aromatic nitrogens is 3. The topological polar surface area (TPSA) is 375 Å². The number of pyridine rings is 3. The molecular formula is C85H94Cl4N6O16S4. The first kappa shape index (κ1) is 96.8. The molecular weight excluding hydrogens is 1630 g/mol. The van der Waals surface area contributed by atoms with Crippen molar-refractivity contribution in [2.24, 2.45) is 27.1 Å². The van der Waals surface area contributed by atoms with Gasteiger partial charge in [-0.1, -0.05) is 149 Å². The van der Waals surface area contributed by atoms with E-state index in [4.69, 9.17) is 51.0 Å². The summed E-state index contributed by atoms with van der Waals surface area (Å²) < 4.78 is 42.2. The van der Waals surface area contributed by atoms with E-state index >= 15 is 0 Å². The second-order valence-electron chi connectivity index (χ2n) is 27.4. The van der Waals surface area contributed by atoms with Crippen LogP contribution in [0.5, 0.6) is 0 Å². The Morgan fingerprint density at radius 3 is 0.991 bits per heavy atom. The van der Waals surface area contributed by atoms with Crippen LogP contribution in [0.3, 0.4) is 0 Å². The molecule has 3 aromatic heterocycles. The number of hydrogen-bond acceptors (Lipinski definition) is 22. The van der Waals surface area contributed by atoms with Crippen LogP contribution in [0.2, 0.25) is 5.02 Å². The van der Waals surface area contributed by atoms with E-state index in [9.17, 15) is 48.0 Å². The minimum absolute atomic E-state index is 0. The van der Waals surface area contributed by atoms with Crippen LogP contribution in [0.1, 0.15) is 134 Å². The lowest BCUT2D eigenvalue weighted by molar-refractivity contribution is -0.162. The number of esters is 3. The molecule has 612 valence electrons. The van der Waals surface area contributed by atoms with Crippen LogP contribution < -0.4 is 0 Å². The van der Waals surface area contributed by atoms with Crippen LogP contribution in [0.4, 0.5) is 0 Å². The number of carboxylic acid groups (broad SMARTS) is 2. The summed E-state index contributed by atoms with van der Waals surface area (Å²) in [4.78, 5) is 71.2. The molecule has 22 nitrogen and oxygen atoms in total. The normalized spacial score (nSPS) is 15.2. The van der Waals surface area contributed by atoms with Crippen molar-refractivity contribution in [1.29, 1.82) is 15.8 Å². The van der Waals surface area contributed by atoms with Crippen molar-refractivity contribution in [3.63, 3.8) is 0 Å². The summed E-state index contributed by atoms with van der Waals surface area (Å²) in [5.74, 6) is -0.663. The van der Waals surface area contributed by atoms with Crippen molar-refractivity contribution in [2.45, 2.75) is 127 Å². The van der Waals surface area contributed by atoms with Crippen molar-refractivity contribution in [2.75, 3.05) is 59.4 Å². The zero-order valence-electron chi connectivity index (χ0n) is 63.8. The average Bonchev–Trinajstić information content (AvgIpc) is 0.780. The molecule has 0 bridgehead atoms. The van der Waals surface area contributed by atoms with Crippen molar-refractivity contribution >= 4 is 148 Å². The van der Waals surface area contributed by atoms with Crippen LogP contribution in [0.15, 0.2) is 174 Å². The molecule has 0 spiro atoms. The minimum Gasteiger partial charge on any atom is -0.481 e. The zero-order valence-corrected chi connectivity index (χ0v) is 70.1. The zero-order chi connectivity index (χ0) is 83.9. The first-order valence-electron chi connectivity index (χ1n) is 36.1. The number of carboxylic acids is 2. The van der Waals surface area contributed by atoms with Gasteiger partial charge in [0.2, 0.25) is 18.3 Å². The monoisotopic (exact) mass is 1720 g/mol. The number of carbonyl (C=O) groups excluding carboxylic acids is 3. The number of nitriles is 3. The molecule has 0 saturated heterocycles. The van der Waals surface area contributed by atoms with Gasteiger partial charge in [-0.25, -0.2) is 12.6 Å². The molecule has 30 heteroatoms. The summed E-state index contributed by atoms with van der Waals surface area (Å²) in [6, 6.07) is 47.4. The predicted molar refractivity (Wildman–Crippen MR) is 455 cm³/mol. The lowest BCUT2D eigenvalue weighted by Crippen LogP contribution is -2.42. The molecule has 0 amide bonds. The first-order chi connectivity index (χ1) is 54.6. The highest BCUT2D eigenvalue weighted by molar-refractivity contribution is 8.26. The number of aliphatic hydroxyl groups is 3. The Hall–Kier alpha value is -8.79. The smallest absolute Gasteiger partial charge is 0.314 e. The van der Waals surface area contributed by atoms with Gasteiger partial charge < -0.3 is 39.7 Å². The van der Waals surface area contributed by atoms with E-state index in [2.05, 4.69) is 76.9 Å². The predicted octanol–water partition coefficient (Wildman–Crippen LogP) is 18.5. The summed E-state index contributed by atoms with van der Waals surface area (Å²) >= 11 is 9.49. The summed E-state index contributed by atoms with van der Waals surface area (Å²) in [6.07, 6.45) is 25.8. The highest BCUT2D eigenvalue weighted by Gasteiger charge is 2.48. The Morgan fingerprint density at radius 2 is 0.748 bits per heavy atom. The number of carbonyl (C=O) groups is 5. The van der Waals surface area contributed by atoms with Gasteiger partial charge in [0.15, 0.2) is 0 Å². The van der Waals surface area contributed by atoms with E-state index in [1.54, 1.807) is 54.4 Å². The molecule has 5 aliphatic carbocycles. The molecule has 115 heavy (non-hydrogen) atoms. The SMILES string of the molecule is C.CCC1(C(=O)OC)CCC1.CO.COC(=O)C1(CO)CCC1.COC(=O)C1(CSc2ccncc2-c2ccc(C#N)c3ccccc23)CCC1.CS(=O)(=O)Cl.N#Cc1ccc(-c2cnccc2Cl)c2ccccc12.N#Cc1ccc(-c2cnccc2SCC2(C(=O)O)CCC2)c2ccccc12.O=C(O)C1(CO)CCC1.O=S(Cl)Cl. The lowest BCUT2D eigenvalue weighted by Gasteiger charge is -2.38. The van der Waals surface area contributed by atoms with Gasteiger partial charge in [0.05, 0.1) is 108 Å². The third kappa shape index (κ3) is 25.1. The Balaban J connectivity index is 0.000000251. The number of aliphatic carboxylic acids is 2. The van der Waals surface area contributed by atoms with Gasteiger partial charge in [-0.15, -0.1) is 23.5 Å². The van der Waals surface area contributed by atoms with Gasteiger partial charge in [-0.05, 0) is 140 Å². The van der Waals surface area contributed by atoms with Gasteiger partial charge >= 0.3 is 29.8 Å². The molecule has 5 fully saturated rings. The second-order valence-corrected chi connectivity index (χ2v) is 35.4. The molecule has 5 aliphatic rings. The number of benzene rings is 6. The maximum Gasteiger partial charge on any atom is 0.314 e. The largest absolute Gasteiger partial charge is 0.481 e. The summed E-state index contributed by atoms with van der Waals surface area (Å²) in [5, 5.41) is 77.0. The molecule has 0 unspecified atom stereocenters. The van der Waals surface area contributed by atoms with Crippen molar-refractivity contribution in [3.8, 4) is 51.6 Å². The quantitative estimate of drug-likeness (QED) is 0.0245. The maximum atomic E-state index is 12.3. The van der Waals surface area contributed by atoms with Crippen molar-refractivity contribution < 1.29 is 76.3 Å². The van der Waals surface area contributed by atoms with E-state index in [1.165, 1.54) is 27.8 Å². The molecule has 6 aromatic carbocycles. The second kappa shape index (κ2) is 46.2. The Kier molecular flexibility index (Phi) is 38.9. The fraction of sp³-hybridized carbons (Fsp3) is 0.376. The van der Waals surface area contributed by atoms with Gasteiger partial charge in [0, 0.05) is 130 Å². The highest BCUT2D eigenvalue weighted by Crippen LogP contribution is 2.50. The third-order valence-corrected chi connectivity index (χ3v) is 24.0. The number of ether oxygens (including phenoxy) is 3. The Morgan fingerprint density at radius 1 is 0.470 bits per heavy atom. The van der Waals surface area contributed by atoms with Gasteiger partial charge in [-0.2, -0.15) is 15.8 Å². The van der Waals surface area contributed by atoms with E-state index in [0.29, 0.717) is 46.1 Å². The fourth-order valence-electron chi connectivity index (χ4n) is 13.4. The van der Waals surface area contributed by atoms with Gasteiger partial charge in [0.25, 0.3) is 0 Å². The summed E-state index contributed by atoms with van der Waals surface area (Å²) in [6.45, 7) is 1.78. The third-order valence-electron chi connectivity index (χ3n) is 20.9. The Labute approximate surface area is 700 Å². The molecule has 0 aliphatic heterocycles. The summed E-state index contributed by atoms with van der Waals surface area (Å²) in [7, 11) is 14.0. The number of aliphatic hydroxyl groups excluding tert-OH is 3. The maximum absolute atomic E-state index is 12.3. The van der Waals surface area contributed by atoms with Crippen molar-refractivity contribution in [1.82, 2.24) is 15.0 Å². The molecule has 0 atom stereocenters. The molecule has 9 aromatic rings. The number of rotatable bonds is 17. The van der Waals surface area contributed by atoms with Crippen LogP contribution >= 0.6 is 67.2 Å². The van der Waals surface area contributed by atoms with E-state index < -0.39 is 46.5 Å². The van der Waals surface area contributed by atoms with E-state index in [1.807, 2.05) is 134 Å². The number of methoxy groups -OCH3 is 3. The highest BCUT2D eigenvalue weighted by atomic mass is 36.0. The fourth-order valence-corrected chi connectivity index (χ4v) is 16.2. The van der Waals surface area contributed by atoms with Crippen LogP contribution in [-0.2, 0) is 56.5 Å². The van der Waals surface area contributed by atoms with Crippen LogP contribution in [0.25, 0.3) is 65.7 Å². The lowest BCUT2D eigenvalue weighted by atomic mass is 9.67. The minimum atomic E-state index is -3.19. The number of halogens is 4. The van der Waals surface area contributed by atoms with Crippen molar-refractivity contribution in [3.05, 3.63) is 186 Å². The molecule has 5 saturated carbocycles. The van der Waals surface area contributed by atoms with E-state index in [-0.39, 0.29) is 49.4 Å². The Bertz CT molecular complexity index is 5040. The number of thioether (sulfide) groups is 2. The average molecular weight is 1730 g/mol. The van der Waals surface area contributed by atoms with Gasteiger partial charge in [0.1, 0.15) is 0 Å². The van der Waals surface area contributed by atoms with Crippen LogP contribution in [0, 0.1) is 61.1 Å². The molecule has 14 rings (SSSR count). The number of hydrogen-bond donors (Lipinski definition) is 5. The van der Waals surface area contributed by atoms with E-state index in [0.717, 1.165) is 172 Å². The molecule has 3 heterocycles. The standard InChI is InChI=1S/C23H20N2O2S.C22H18N2O2S.C16H9ClN2.C8H14O2.C7H12O3.C6H10O3.CH3ClO2S.CH4O.CH4.Cl2OS/c1-27-22(26)23(10-4-11-23)15-28-21-9-12-25-14-20(21)19-8-7-16(13-24)17-5-2-3-6-18(17)19;23-12-15-6-7-18(17-5-2-1-4-16(15)17)19-13-24-11-8-20(19)27-14-22(21(25)26)9-3-10-22;17-16-7-8-19-10-15(16)14-6-5-11(9-18)12-3-1-2-4-13(12)14;1-3-8(5-4-6-8)7(9)10-2;1-10-6(9)7(5-8)3-2-4-7;7-4-6(5(8)9)2-1-3-6;1-5(2,3)4;1-2;;1-4(2)3/h2-3,5-9,12,14H,4,10-11,15H2,1H3;1-2,4-8,11,13H,3,9-10,14H2,(H,25,26);1-8,10H;3-6H2,1-2H3;8H,2-5H2,1H3;7H,1-4H2,(H,8,9);1H3;2H,1H3;1H4;. The first-order valence-corrected chi connectivity index (χ1v) is 44.0. The summed E-state index contributed by atoms with van der Waals surface area (Å²) in [5.41, 5.74) is 5.55. The number of nitrogens with zero attached hydrogens (tertiary/aromatic N) is 6. The number of fused-ring (bicyclic) bond motifs is 3. The van der Waals surface area contributed by atoms with Crippen LogP contribution in [-0.4, -0.2) is 142 Å². The molecule has 5 N–H and O–H groups in total. The molecule has 0 radical (unpaired) electrons.